The van der Waals surface area contributed by atoms with E-state index in [0.717, 1.165) is 6.07 Å². The van der Waals surface area contributed by atoms with Gasteiger partial charge in [0.1, 0.15) is 17.4 Å². The van der Waals surface area contributed by atoms with Crippen LogP contribution in [-0.2, 0) is 0 Å². The van der Waals surface area contributed by atoms with Crippen LogP contribution in [0.5, 0.6) is 5.75 Å². The minimum Gasteiger partial charge on any atom is -0.508 e. The zero-order valence-corrected chi connectivity index (χ0v) is 11.3. The van der Waals surface area contributed by atoms with Crippen LogP contribution in [0.15, 0.2) is 54.1 Å². The number of rotatable bonds is 4. The molecule has 0 radical (unpaired) electrons. The number of nitriles is 1. The van der Waals surface area contributed by atoms with Gasteiger partial charge in [0.2, 0.25) is 5.78 Å². The molecule has 22 heavy (non-hydrogen) atoms. The van der Waals surface area contributed by atoms with Gasteiger partial charge in [0.05, 0.1) is 4.92 Å². The lowest BCUT2D eigenvalue weighted by atomic mass is 10.0. The van der Waals surface area contributed by atoms with Gasteiger partial charge in [-0.25, -0.2) is 0 Å². The normalized spacial score (nSPS) is 10.8. The molecular formula is C16H10N2O4. The Hall–Kier alpha value is -3.46. The van der Waals surface area contributed by atoms with E-state index in [-0.39, 0.29) is 22.6 Å². The number of nitrogens with zero attached hydrogens (tertiary/aromatic N) is 2. The Bertz CT molecular complexity index is 819. The number of carbonyl (C=O) groups is 1. The van der Waals surface area contributed by atoms with Crippen LogP contribution < -0.4 is 0 Å². The summed E-state index contributed by atoms with van der Waals surface area (Å²) in [7, 11) is 0. The molecule has 0 saturated heterocycles. The van der Waals surface area contributed by atoms with Gasteiger partial charge in [-0.1, -0.05) is 24.3 Å². The van der Waals surface area contributed by atoms with E-state index in [4.69, 9.17) is 5.26 Å². The number of allylic oxidation sites excluding steroid dienone is 1. The maximum atomic E-state index is 12.3. The van der Waals surface area contributed by atoms with Crippen LogP contribution in [0.4, 0.5) is 5.69 Å². The van der Waals surface area contributed by atoms with Crippen molar-refractivity contribution in [1.82, 2.24) is 0 Å². The van der Waals surface area contributed by atoms with Gasteiger partial charge in [-0.15, -0.1) is 0 Å². The van der Waals surface area contributed by atoms with Crippen molar-refractivity contribution >= 4 is 17.5 Å². The molecule has 0 heterocycles. The smallest absolute Gasteiger partial charge is 0.270 e. The molecule has 0 spiro atoms. The van der Waals surface area contributed by atoms with Gasteiger partial charge in [-0.3, -0.25) is 14.9 Å². The number of benzene rings is 2. The minimum absolute atomic E-state index is 0.00818. The van der Waals surface area contributed by atoms with Crippen molar-refractivity contribution in [2.75, 3.05) is 0 Å². The maximum Gasteiger partial charge on any atom is 0.270 e. The number of hydrogen-bond acceptors (Lipinski definition) is 5. The summed E-state index contributed by atoms with van der Waals surface area (Å²) in [6.07, 6.45) is 1.32. The Kier molecular flexibility index (Phi) is 4.30. The van der Waals surface area contributed by atoms with Crippen LogP contribution in [0.1, 0.15) is 15.9 Å². The second-order valence-corrected chi connectivity index (χ2v) is 4.40. The lowest BCUT2D eigenvalue weighted by Gasteiger charge is -2.01. The lowest BCUT2D eigenvalue weighted by molar-refractivity contribution is -0.384. The quantitative estimate of drug-likeness (QED) is 0.307. The van der Waals surface area contributed by atoms with Gasteiger partial charge in [0, 0.05) is 17.7 Å². The number of phenolic OH excluding ortho intramolecular Hbond substituents is 1. The second-order valence-electron chi connectivity index (χ2n) is 4.40. The van der Waals surface area contributed by atoms with Gasteiger partial charge in [0.15, 0.2) is 0 Å². The van der Waals surface area contributed by atoms with Gasteiger partial charge >= 0.3 is 0 Å². The van der Waals surface area contributed by atoms with Crippen molar-refractivity contribution in [2.45, 2.75) is 0 Å². The summed E-state index contributed by atoms with van der Waals surface area (Å²) in [5, 5.41) is 29.2. The van der Waals surface area contributed by atoms with Crippen molar-refractivity contribution in [1.29, 1.82) is 5.26 Å². The van der Waals surface area contributed by atoms with Crippen molar-refractivity contribution in [3.05, 3.63) is 75.3 Å². The van der Waals surface area contributed by atoms with Crippen LogP contribution in [0, 0.1) is 21.4 Å². The molecule has 0 aliphatic rings. The Morgan fingerprint density at radius 2 is 1.95 bits per heavy atom. The number of hydrogen-bond donors (Lipinski definition) is 1. The minimum atomic E-state index is -0.616. The Morgan fingerprint density at radius 3 is 2.59 bits per heavy atom. The van der Waals surface area contributed by atoms with Gasteiger partial charge in [-0.2, -0.15) is 5.26 Å². The van der Waals surface area contributed by atoms with E-state index in [2.05, 4.69) is 0 Å². The SMILES string of the molecule is N#CC(=Cc1cccc(O)c1)C(=O)c1cccc([N+](=O)[O-])c1. The highest BCUT2D eigenvalue weighted by Crippen LogP contribution is 2.19. The first-order chi connectivity index (χ1) is 10.5. The third-order valence-electron chi connectivity index (χ3n) is 2.87. The number of aromatic hydroxyl groups is 1. The molecule has 0 atom stereocenters. The number of nitro benzene ring substituents is 1. The van der Waals surface area contributed by atoms with Crippen molar-refractivity contribution in [2.24, 2.45) is 0 Å². The topological polar surface area (TPSA) is 104 Å². The van der Waals surface area contributed by atoms with Crippen LogP contribution in [0.3, 0.4) is 0 Å². The molecule has 0 aromatic heterocycles. The molecule has 1 N–H and O–H groups in total. The van der Waals surface area contributed by atoms with E-state index in [0.29, 0.717) is 5.56 Å². The molecule has 0 amide bonds. The molecule has 0 bridgehead atoms. The molecule has 6 heteroatoms. The number of carbonyl (C=O) groups excluding carboxylic acids is 1. The van der Waals surface area contributed by atoms with E-state index in [1.165, 1.54) is 36.4 Å². The third-order valence-corrected chi connectivity index (χ3v) is 2.87. The van der Waals surface area contributed by atoms with Crippen molar-refractivity contribution < 1.29 is 14.8 Å². The number of non-ortho nitro benzene ring substituents is 1. The number of Topliss-reactive ketones (excluding diaryl/α,β-unsaturated/α-hetero) is 1. The summed E-state index contributed by atoms with van der Waals surface area (Å²) in [6.45, 7) is 0. The predicted octanol–water partition coefficient (Wildman–Crippen LogP) is 3.09. The summed E-state index contributed by atoms with van der Waals surface area (Å²) in [6, 6.07) is 13.0. The highest BCUT2D eigenvalue weighted by molar-refractivity contribution is 6.14. The number of ketones is 1. The third kappa shape index (κ3) is 3.35. The molecule has 108 valence electrons. The molecule has 2 rings (SSSR count). The molecule has 2 aromatic rings. The van der Waals surface area contributed by atoms with E-state index >= 15 is 0 Å². The monoisotopic (exact) mass is 294 g/mol. The number of nitro groups is 1. The van der Waals surface area contributed by atoms with Crippen LogP contribution in [-0.4, -0.2) is 15.8 Å². The first-order valence-corrected chi connectivity index (χ1v) is 6.21. The molecule has 6 nitrogen and oxygen atoms in total. The summed E-state index contributed by atoms with van der Waals surface area (Å²) in [5.74, 6) is -0.608. The van der Waals surface area contributed by atoms with E-state index in [1.54, 1.807) is 18.2 Å². The van der Waals surface area contributed by atoms with E-state index in [9.17, 15) is 20.0 Å². The summed E-state index contributed by atoms with van der Waals surface area (Å²) in [5.41, 5.74) is 0.143. The number of phenols is 1. The summed E-state index contributed by atoms with van der Waals surface area (Å²) >= 11 is 0. The van der Waals surface area contributed by atoms with E-state index < -0.39 is 10.7 Å². The Morgan fingerprint density at radius 1 is 1.23 bits per heavy atom. The lowest BCUT2D eigenvalue weighted by Crippen LogP contribution is -2.02. The van der Waals surface area contributed by atoms with Gasteiger partial charge in [-0.05, 0) is 23.8 Å². The largest absolute Gasteiger partial charge is 0.508 e. The van der Waals surface area contributed by atoms with E-state index in [1.807, 2.05) is 0 Å². The highest BCUT2D eigenvalue weighted by atomic mass is 16.6. The van der Waals surface area contributed by atoms with Gasteiger partial charge < -0.3 is 5.11 Å². The molecule has 0 unspecified atom stereocenters. The molecular weight excluding hydrogens is 284 g/mol. The highest BCUT2D eigenvalue weighted by Gasteiger charge is 2.15. The summed E-state index contributed by atoms with van der Waals surface area (Å²) in [4.78, 5) is 22.4. The summed E-state index contributed by atoms with van der Waals surface area (Å²) < 4.78 is 0. The first-order valence-electron chi connectivity index (χ1n) is 6.21. The average Bonchev–Trinajstić information content (AvgIpc) is 2.52. The molecule has 0 aliphatic carbocycles. The van der Waals surface area contributed by atoms with Crippen LogP contribution in [0.2, 0.25) is 0 Å². The Balaban J connectivity index is 2.40. The molecule has 0 fully saturated rings. The zero-order chi connectivity index (χ0) is 16.1. The average molecular weight is 294 g/mol. The first kappa shape index (κ1) is 14.9. The van der Waals surface area contributed by atoms with Crippen molar-refractivity contribution in [3.63, 3.8) is 0 Å². The Labute approximate surface area is 125 Å². The molecule has 0 saturated carbocycles. The van der Waals surface area contributed by atoms with Gasteiger partial charge in [0.25, 0.3) is 5.69 Å². The fourth-order valence-corrected chi connectivity index (χ4v) is 1.85. The fraction of sp³-hybridized carbons (Fsp3) is 0. The molecule has 0 aliphatic heterocycles. The zero-order valence-electron chi connectivity index (χ0n) is 11.3. The van der Waals surface area contributed by atoms with Crippen LogP contribution in [0.25, 0.3) is 6.08 Å². The van der Waals surface area contributed by atoms with Crippen molar-refractivity contribution in [3.8, 4) is 11.8 Å². The molecule has 2 aromatic carbocycles. The second kappa shape index (κ2) is 6.33. The van der Waals surface area contributed by atoms with Crippen LogP contribution >= 0.6 is 0 Å². The fourth-order valence-electron chi connectivity index (χ4n) is 1.85. The standard InChI is InChI=1S/C16H10N2O4/c17-10-13(7-11-3-1-6-15(19)8-11)16(20)12-4-2-5-14(9-12)18(21)22/h1-9,19H. The predicted molar refractivity (Wildman–Crippen MR) is 79.1 cm³/mol. The maximum absolute atomic E-state index is 12.3.